The molecule has 6 rings (SSSR count). The van der Waals surface area contributed by atoms with E-state index >= 15 is 4.11 Å². The number of likely N-dealkylation sites (tertiary alicyclic amines) is 1. The Morgan fingerprint density at radius 3 is 2.71 bits per heavy atom. The summed E-state index contributed by atoms with van der Waals surface area (Å²) in [5.74, 6) is -1.07. The number of rotatable bonds is 5. The average Bonchev–Trinajstić information content (AvgIpc) is 3.60. The van der Waals surface area contributed by atoms with Crippen LogP contribution in [0.3, 0.4) is 0 Å². The van der Waals surface area contributed by atoms with Crippen LogP contribution in [-0.2, 0) is 19.9 Å². The van der Waals surface area contributed by atoms with E-state index in [0.717, 1.165) is 18.2 Å². The number of halogens is 1. The maximum Gasteiger partial charge on any atom is 0.279 e. The number of nitrogens with zero attached hydrogens (tertiary/aromatic N) is 4. The van der Waals surface area contributed by atoms with Crippen molar-refractivity contribution in [3.63, 3.8) is 0 Å². The van der Waals surface area contributed by atoms with Gasteiger partial charge in [0, 0.05) is 36.0 Å². The van der Waals surface area contributed by atoms with E-state index in [0.29, 0.717) is 28.9 Å². The summed E-state index contributed by atoms with van der Waals surface area (Å²) in [7, 11) is -1.79. The minimum atomic E-state index is -3.45. The number of anilines is 1. The fraction of sp³-hybridized carbons (Fsp3) is 0.467. The van der Waals surface area contributed by atoms with Crippen LogP contribution in [0.2, 0.25) is 18.6 Å². The van der Waals surface area contributed by atoms with Gasteiger partial charge in [0.15, 0.2) is 5.60 Å². The van der Waals surface area contributed by atoms with E-state index in [9.17, 15) is 19.5 Å². The predicted octanol–water partition coefficient (Wildman–Crippen LogP) is 3.51. The maximum absolute atomic E-state index is 16.1. The zero-order chi connectivity index (χ0) is 29.3. The smallest absolute Gasteiger partial charge is 0.279 e. The van der Waals surface area contributed by atoms with Crippen molar-refractivity contribution in [1.82, 2.24) is 14.7 Å². The van der Waals surface area contributed by atoms with Crippen molar-refractivity contribution in [3.8, 4) is 5.69 Å². The Balaban J connectivity index is 1.44. The average molecular weight is 579 g/mol. The molecule has 1 spiro atoms. The number of benzene rings is 2. The number of hydrogen-bond acceptors (Lipinski definition) is 6. The Hall–Kier alpha value is -3.41. The number of likely N-dealkylation sites (N-methyl/N-ethyl adjacent to an activating group) is 1. The van der Waals surface area contributed by atoms with Gasteiger partial charge in [0.05, 0.1) is 48.1 Å². The van der Waals surface area contributed by atoms with Crippen LogP contribution in [0.1, 0.15) is 31.7 Å². The first-order valence-corrected chi connectivity index (χ1v) is 17.1. The van der Waals surface area contributed by atoms with Crippen molar-refractivity contribution in [2.45, 2.75) is 62.6 Å². The first-order chi connectivity index (χ1) is 19.5. The normalized spacial score (nSPS) is 27.8. The lowest BCUT2D eigenvalue weighted by atomic mass is 9.82. The summed E-state index contributed by atoms with van der Waals surface area (Å²) in [5, 5.41) is 15.4. The largest absolute Gasteiger partial charge is 0.394 e. The Bertz CT molecular complexity index is 1610. The van der Waals surface area contributed by atoms with Gasteiger partial charge >= 0.3 is 0 Å². The van der Waals surface area contributed by atoms with Gasteiger partial charge in [0.1, 0.15) is 0 Å². The summed E-state index contributed by atoms with van der Waals surface area (Å²) >= 11 is 0. The summed E-state index contributed by atoms with van der Waals surface area (Å²) in [6, 6.07) is 12.2. The molecule has 2 fully saturated rings. The lowest BCUT2D eigenvalue weighted by molar-refractivity contribution is -0.149. The summed E-state index contributed by atoms with van der Waals surface area (Å²) < 4.78 is 24.0. The van der Waals surface area contributed by atoms with E-state index in [2.05, 4.69) is 5.10 Å². The molecule has 3 aromatic rings. The highest BCUT2D eigenvalue weighted by Crippen LogP contribution is 2.60. The second kappa shape index (κ2) is 9.85. The van der Waals surface area contributed by atoms with E-state index in [4.69, 9.17) is 4.74 Å². The molecule has 0 aliphatic carbocycles. The first kappa shape index (κ1) is 27.7. The third-order valence-electron chi connectivity index (χ3n) is 9.30. The topological polar surface area (TPSA) is 105 Å². The van der Waals surface area contributed by atoms with Crippen molar-refractivity contribution >= 4 is 36.7 Å². The van der Waals surface area contributed by atoms with Gasteiger partial charge in [-0.1, -0.05) is 25.1 Å². The summed E-state index contributed by atoms with van der Waals surface area (Å²) in [5.41, 5.74) is -0.803. The maximum atomic E-state index is 16.1. The molecule has 3 aliphatic rings. The predicted molar refractivity (Wildman–Crippen MR) is 155 cm³/mol. The van der Waals surface area contributed by atoms with E-state index in [1.54, 1.807) is 61.6 Å². The van der Waals surface area contributed by atoms with Crippen molar-refractivity contribution in [2.75, 3.05) is 25.1 Å². The van der Waals surface area contributed by atoms with Gasteiger partial charge < -0.3 is 23.8 Å². The van der Waals surface area contributed by atoms with Gasteiger partial charge in [-0.3, -0.25) is 14.4 Å². The minimum Gasteiger partial charge on any atom is -0.394 e. The standard InChI is InChI=1S/C30H35FN4O5Si/c1-18-27(41(3,4)31)25(15-26(37)34-13-7-9-21(34)17-36)40-30(18)23-14-20(11-12-24(23)33(2)29(30)39)35-28(38)22-10-6-5-8-19(22)16-32-35/h5-6,8,10-12,14,16,18,21,25,27,36H,7,9,13,15,17H2,1-4H3/t18-,21+,25+,27-,30+/m1/s1. The Morgan fingerprint density at radius 2 is 1.98 bits per heavy atom. The van der Waals surface area contributed by atoms with Crippen LogP contribution in [0.4, 0.5) is 9.80 Å². The molecular weight excluding hydrogens is 543 g/mol. The number of carbonyl (C=O) groups is 2. The molecule has 0 saturated carbocycles. The van der Waals surface area contributed by atoms with Gasteiger partial charge in [-0.05, 0) is 50.2 Å². The molecule has 2 saturated heterocycles. The number of aliphatic hydroxyl groups excluding tert-OH is 1. The third kappa shape index (κ3) is 4.16. The van der Waals surface area contributed by atoms with Crippen LogP contribution < -0.4 is 10.5 Å². The minimum absolute atomic E-state index is 0.0642. The van der Waals surface area contributed by atoms with Gasteiger partial charge in [-0.25, -0.2) is 0 Å². The molecule has 2 amide bonds. The van der Waals surface area contributed by atoms with E-state index in [-0.39, 0.29) is 36.4 Å². The summed E-state index contributed by atoms with van der Waals surface area (Å²) in [6.45, 7) is 5.45. The molecular formula is C30H35FN4O5Si. The van der Waals surface area contributed by atoms with E-state index in [1.807, 2.05) is 19.1 Å². The lowest BCUT2D eigenvalue weighted by Gasteiger charge is -2.31. The number of carbonyl (C=O) groups excluding carboxylic acids is 2. The zero-order valence-corrected chi connectivity index (χ0v) is 24.7. The van der Waals surface area contributed by atoms with Gasteiger partial charge in [-0.2, -0.15) is 9.78 Å². The fourth-order valence-electron chi connectivity index (χ4n) is 7.39. The van der Waals surface area contributed by atoms with Gasteiger partial charge in [-0.15, -0.1) is 0 Å². The van der Waals surface area contributed by atoms with Crippen LogP contribution in [0.5, 0.6) is 0 Å². The lowest BCUT2D eigenvalue weighted by Crippen LogP contribution is -2.44. The van der Waals surface area contributed by atoms with Gasteiger partial charge in [0.2, 0.25) is 14.3 Å². The van der Waals surface area contributed by atoms with Crippen LogP contribution in [-0.4, -0.2) is 72.4 Å². The molecule has 9 nitrogen and oxygen atoms in total. The SMILES string of the molecule is C[C@@H]1[C@@H]([Si](C)(C)F)[C@H](CC(=O)N2CCC[C@H]2CO)O[C@@]12C(=O)N(C)c1ccc(-n3ncc4ccccc4c3=O)cc12. The van der Waals surface area contributed by atoms with Crippen molar-refractivity contribution in [3.05, 3.63) is 64.6 Å². The summed E-state index contributed by atoms with van der Waals surface area (Å²) in [4.78, 5) is 44.0. The molecule has 3 aliphatic heterocycles. The van der Waals surface area contributed by atoms with Crippen LogP contribution in [0.15, 0.2) is 53.5 Å². The number of fused-ring (bicyclic) bond motifs is 3. The second-order valence-corrected chi connectivity index (χ2v) is 15.9. The molecule has 4 heterocycles. The van der Waals surface area contributed by atoms with E-state index < -0.39 is 31.6 Å². The molecule has 41 heavy (non-hydrogen) atoms. The molecule has 1 aromatic heterocycles. The molecule has 5 atom stereocenters. The number of ether oxygens (including phenoxy) is 1. The zero-order valence-electron chi connectivity index (χ0n) is 23.7. The third-order valence-corrected chi connectivity index (χ3v) is 11.8. The Labute approximate surface area is 238 Å². The van der Waals surface area contributed by atoms with Crippen LogP contribution in [0, 0.1) is 5.92 Å². The molecule has 0 bridgehead atoms. The van der Waals surface area contributed by atoms with Crippen LogP contribution >= 0.6 is 0 Å². The molecule has 0 radical (unpaired) electrons. The molecule has 1 N–H and O–H groups in total. The molecule has 0 unspecified atom stereocenters. The fourth-order valence-corrected chi connectivity index (χ4v) is 9.88. The number of aromatic nitrogens is 2. The Kier molecular flexibility index (Phi) is 6.66. The monoisotopic (exact) mass is 578 g/mol. The van der Waals surface area contributed by atoms with Crippen molar-refractivity contribution in [1.29, 1.82) is 0 Å². The van der Waals surface area contributed by atoms with Crippen LogP contribution in [0.25, 0.3) is 16.5 Å². The van der Waals surface area contributed by atoms with Crippen molar-refractivity contribution < 1.29 is 23.5 Å². The molecule has 2 aromatic carbocycles. The quantitative estimate of drug-likeness (QED) is 0.367. The number of amides is 2. The highest BCUT2D eigenvalue weighted by atomic mass is 28.4. The molecule has 216 valence electrons. The van der Waals surface area contributed by atoms with E-state index in [1.165, 1.54) is 9.58 Å². The molecule has 11 heteroatoms. The number of aliphatic hydroxyl groups is 1. The van der Waals surface area contributed by atoms with Crippen molar-refractivity contribution in [2.24, 2.45) is 5.92 Å². The Morgan fingerprint density at radius 1 is 1.22 bits per heavy atom. The number of hydrogen-bond donors (Lipinski definition) is 1. The van der Waals surface area contributed by atoms with Gasteiger partial charge in [0.25, 0.3) is 11.5 Å². The highest BCUT2D eigenvalue weighted by Gasteiger charge is 2.66. The second-order valence-electron chi connectivity index (χ2n) is 12.1. The highest BCUT2D eigenvalue weighted by molar-refractivity contribution is 6.72. The first-order valence-electron chi connectivity index (χ1n) is 14.2. The summed E-state index contributed by atoms with van der Waals surface area (Å²) in [6.07, 6.45) is 2.28.